The minimum absolute atomic E-state index is 0.0272. The second kappa shape index (κ2) is 5.24. The Kier molecular flexibility index (Phi) is 4.60. The molecule has 68 valence electrons. The molecule has 1 aliphatic rings. The van der Waals surface area contributed by atoms with E-state index < -0.39 is 0 Å². The van der Waals surface area contributed by atoms with Crippen LogP contribution in [0.4, 0.5) is 0 Å². The Balaban J connectivity index is 2.40. The minimum Gasteiger partial charge on any atom is -0.197 e. The number of nitriles is 1. The molecule has 0 bridgehead atoms. The van der Waals surface area contributed by atoms with Crippen molar-refractivity contribution in [2.75, 3.05) is 0 Å². The van der Waals surface area contributed by atoms with Gasteiger partial charge in [0, 0.05) is 4.83 Å². The summed E-state index contributed by atoms with van der Waals surface area (Å²) in [5.41, 5.74) is 0. The van der Waals surface area contributed by atoms with Crippen LogP contribution in [-0.2, 0) is 0 Å². The Labute approximate surface area is 90.8 Å². The zero-order valence-electron chi connectivity index (χ0n) is 6.97. The summed E-state index contributed by atoms with van der Waals surface area (Å²) in [6, 6.07) is 2.23. The Morgan fingerprint density at radius 1 is 1.17 bits per heavy atom. The second-order valence-corrected chi connectivity index (χ2v) is 5.42. The van der Waals surface area contributed by atoms with E-state index in [-0.39, 0.29) is 4.83 Å². The summed E-state index contributed by atoms with van der Waals surface area (Å²) in [5, 5.41) is 8.71. The van der Waals surface area contributed by atoms with Crippen molar-refractivity contribution in [2.24, 2.45) is 5.92 Å². The normalized spacial score (nSPS) is 24.4. The smallest absolute Gasteiger partial charge is 0.114 e. The van der Waals surface area contributed by atoms with Crippen molar-refractivity contribution in [1.82, 2.24) is 0 Å². The molecule has 0 aromatic heterocycles. The first-order chi connectivity index (χ1) is 5.75. The van der Waals surface area contributed by atoms with Crippen LogP contribution in [0.15, 0.2) is 0 Å². The van der Waals surface area contributed by atoms with Crippen molar-refractivity contribution in [3.8, 4) is 6.07 Å². The average Bonchev–Trinajstić information content (AvgIpc) is 2.17. The van der Waals surface area contributed by atoms with Crippen LogP contribution < -0.4 is 0 Å². The third-order valence-corrected chi connectivity index (χ3v) is 5.26. The van der Waals surface area contributed by atoms with Gasteiger partial charge in [-0.05, 0) is 18.8 Å². The molecule has 3 heteroatoms. The van der Waals surface area contributed by atoms with E-state index in [1.165, 1.54) is 32.1 Å². The summed E-state index contributed by atoms with van der Waals surface area (Å²) < 4.78 is 0. The molecule has 1 nitrogen and oxygen atoms in total. The number of hydrogen-bond donors (Lipinski definition) is 0. The van der Waals surface area contributed by atoms with Gasteiger partial charge in [-0.3, -0.25) is 0 Å². The number of rotatable bonds is 2. The first-order valence-corrected chi connectivity index (χ1v) is 6.26. The van der Waals surface area contributed by atoms with Crippen molar-refractivity contribution in [2.45, 2.75) is 41.8 Å². The molecule has 0 saturated heterocycles. The zero-order chi connectivity index (χ0) is 8.97. The molecule has 0 radical (unpaired) electrons. The van der Waals surface area contributed by atoms with E-state index in [0.717, 1.165) is 0 Å². The van der Waals surface area contributed by atoms with E-state index in [0.29, 0.717) is 10.7 Å². The molecule has 1 rings (SSSR count). The Morgan fingerprint density at radius 3 is 2.25 bits per heavy atom. The summed E-state index contributed by atoms with van der Waals surface area (Å²) in [6.07, 6.45) is 6.59. The van der Waals surface area contributed by atoms with E-state index in [9.17, 15) is 0 Å². The molecule has 1 aliphatic carbocycles. The van der Waals surface area contributed by atoms with Crippen LogP contribution in [0.1, 0.15) is 32.1 Å². The van der Waals surface area contributed by atoms with E-state index in [1.807, 2.05) is 0 Å². The molecule has 0 heterocycles. The van der Waals surface area contributed by atoms with Crippen molar-refractivity contribution in [3.63, 3.8) is 0 Å². The molecule has 0 N–H and O–H groups in total. The van der Waals surface area contributed by atoms with E-state index in [1.54, 1.807) is 0 Å². The van der Waals surface area contributed by atoms with Crippen LogP contribution in [0, 0.1) is 17.2 Å². The van der Waals surface area contributed by atoms with Crippen LogP contribution >= 0.6 is 31.9 Å². The highest BCUT2D eigenvalue weighted by atomic mass is 79.9. The van der Waals surface area contributed by atoms with Crippen LogP contribution in [0.3, 0.4) is 0 Å². The summed E-state index contributed by atoms with van der Waals surface area (Å²) in [6.45, 7) is 0. The standard InChI is InChI=1S/C9H13Br2N/c10-8(6-12)9(11)7-4-2-1-3-5-7/h7-9H,1-5H2/t8-,9+/m0/s1. The van der Waals surface area contributed by atoms with Gasteiger partial charge in [-0.1, -0.05) is 51.1 Å². The SMILES string of the molecule is N#C[C@H](Br)[C@H](Br)C1CCCCC1. The van der Waals surface area contributed by atoms with Gasteiger partial charge in [0.15, 0.2) is 0 Å². The molecule has 0 spiro atoms. The van der Waals surface area contributed by atoms with E-state index >= 15 is 0 Å². The van der Waals surface area contributed by atoms with Gasteiger partial charge in [-0.25, -0.2) is 0 Å². The lowest BCUT2D eigenvalue weighted by Crippen LogP contribution is -2.24. The second-order valence-electron chi connectivity index (χ2n) is 3.37. The number of nitrogens with zero attached hydrogens (tertiary/aromatic N) is 1. The summed E-state index contributed by atoms with van der Waals surface area (Å²) >= 11 is 6.97. The Morgan fingerprint density at radius 2 is 1.75 bits per heavy atom. The zero-order valence-corrected chi connectivity index (χ0v) is 10.1. The fourth-order valence-electron chi connectivity index (χ4n) is 1.76. The molecule has 1 saturated carbocycles. The van der Waals surface area contributed by atoms with Gasteiger partial charge in [-0.15, -0.1) is 0 Å². The van der Waals surface area contributed by atoms with Crippen molar-refractivity contribution < 1.29 is 0 Å². The number of hydrogen-bond acceptors (Lipinski definition) is 1. The lowest BCUT2D eigenvalue weighted by atomic mass is 9.86. The lowest BCUT2D eigenvalue weighted by molar-refractivity contribution is 0.356. The lowest BCUT2D eigenvalue weighted by Gasteiger charge is -2.26. The summed E-state index contributed by atoms with van der Waals surface area (Å²) in [4.78, 5) is 0.309. The predicted molar refractivity (Wildman–Crippen MR) is 57.6 cm³/mol. The van der Waals surface area contributed by atoms with Gasteiger partial charge in [0.1, 0.15) is 4.83 Å². The Hall–Kier alpha value is 0.450. The fourth-order valence-corrected chi connectivity index (χ4v) is 2.84. The molecule has 12 heavy (non-hydrogen) atoms. The Bertz CT molecular complexity index is 170. The van der Waals surface area contributed by atoms with Gasteiger partial charge in [0.05, 0.1) is 6.07 Å². The molecule has 0 aliphatic heterocycles. The van der Waals surface area contributed by atoms with Gasteiger partial charge in [-0.2, -0.15) is 5.26 Å². The third kappa shape index (κ3) is 2.74. The summed E-state index contributed by atoms with van der Waals surface area (Å²) in [7, 11) is 0. The highest BCUT2D eigenvalue weighted by Crippen LogP contribution is 2.33. The molecule has 1 fully saturated rings. The van der Waals surface area contributed by atoms with Crippen LogP contribution in [-0.4, -0.2) is 9.65 Å². The van der Waals surface area contributed by atoms with E-state index in [2.05, 4.69) is 37.9 Å². The van der Waals surface area contributed by atoms with Crippen molar-refractivity contribution >= 4 is 31.9 Å². The first-order valence-electron chi connectivity index (χ1n) is 4.43. The van der Waals surface area contributed by atoms with Gasteiger partial charge < -0.3 is 0 Å². The largest absolute Gasteiger partial charge is 0.197 e. The van der Waals surface area contributed by atoms with E-state index in [4.69, 9.17) is 5.26 Å². The monoisotopic (exact) mass is 293 g/mol. The minimum atomic E-state index is -0.0272. The van der Waals surface area contributed by atoms with Gasteiger partial charge in [0.2, 0.25) is 0 Å². The number of halogens is 2. The van der Waals surface area contributed by atoms with Crippen molar-refractivity contribution in [3.05, 3.63) is 0 Å². The molecule has 0 aromatic carbocycles. The quantitative estimate of drug-likeness (QED) is 0.714. The van der Waals surface area contributed by atoms with Crippen LogP contribution in [0.25, 0.3) is 0 Å². The highest BCUT2D eigenvalue weighted by Gasteiger charge is 2.26. The maximum atomic E-state index is 8.71. The molecule has 2 atom stereocenters. The van der Waals surface area contributed by atoms with Crippen molar-refractivity contribution in [1.29, 1.82) is 5.26 Å². The molecular weight excluding hydrogens is 282 g/mol. The molecule has 0 amide bonds. The average molecular weight is 295 g/mol. The third-order valence-electron chi connectivity index (χ3n) is 2.50. The maximum Gasteiger partial charge on any atom is 0.114 e. The highest BCUT2D eigenvalue weighted by molar-refractivity contribution is 9.12. The maximum absolute atomic E-state index is 8.71. The number of alkyl halides is 2. The van der Waals surface area contributed by atoms with Gasteiger partial charge in [0.25, 0.3) is 0 Å². The van der Waals surface area contributed by atoms with Crippen LogP contribution in [0.2, 0.25) is 0 Å². The molecular formula is C9H13Br2N. The fraction of sp³-hybridized carbons (Fsp3) is 0.889. The predicted octanol–water partition coefficient (Wildman–Crippen LogP) is 3.62. The molecule has 0 aromatic rings. The topological polar surface area (TPSA) is 23.8 Å². The van der Waals surface area contributed by atoms with Crippen LogP contribution in [0.5, 0.6) is 0 Å². The first kappa shape index (κ1) is 10.5. The van der Waals surface area contributed by atoms with Gasteiger partial charge >= 0.3 is 0 Å². The summed E-state index contributed by atoms with van der Waals surface area (Å²) in [5.74, 6) is 0.697. The molecule has 0 unspecified atom stereocenters.